The van der Waals surface area contributed by atoms with Crippen LogP contribution < -0.4 is 5.32 Å². The summed E-state index contributed by atoms with van der Waals surface area (Å²) >= 11 is 1.73. The van der Waals surface area contributed by atoms with Crippen LogP contribution in [0.4, 0.5) is 19.3 Å². The largest absolute Gasteiger partial charge is 0.444 e. The molecule has 0 fully saturated rings. The third-order valence-electron chi connectivity index (χ3n) is 2.45. The number of amides is 1. The lowest BCUT2D eigenvalue weighted by Crippen LogP contribution is -2.15. The normalized spacial score (nSPS) is 10.2. The molecule has 0 spiro atoms. The molecule has 1 amide bonds. The summed E-state index contributed by atoms with van der Waals surface area (Å²) < 4.78 is 31.7. The zero-order valence-electron chi connectivity index (χ0n) is 10.2. The van der Waals surface area contributed by atoms with Crippen molar-refractivity contribution in [1.82, 2.24) is 0 Å². The quantitative estimate of drug-likeness (QED) is 0.795. The van der Waals surface area contributed by atoms with E-state index in [4.69, 9.17) is 4.74 Å². The highest BCUT2D eigenvalue weighted by Gasteiger charge is 2.13. The minimum atomic E-state index is -0.842. The Morgan fingerprint density at radius 3 is 2.55 bits per heavy atom. The highest BCUT2D eigenvalue weighted by molar-refractivity contribution is 14.1. The molecule has 104 valence electrons. The number of carbonyl (C=O) groups is 1. The average Bonchev–Trinajstić information content (AvgIpc) is 2.42. The lowest BCUT2D eigenvalue weighted by molar-refractivity contribution is 0.155. The number of hydrogen-bond acceptors (Lipinski definition) is 2. The van der Waals surface area contributed by atoms with E-state index in [9.17, 15) is 13.6 Å². The molecule has 2 rings (SSSR count). The van der Waals surface area contributed by atoms with Crippen molar-refractivity contribution in [3.8, 4) is 0 Å². The maximum absolute atomic E-state index is 13.5. The summed E-state index contributed by atoms with van der Waals surface area (Å²) in [6.45, 7) is 0.0755. The van der Waals surface area contributed by atoms with Gasteiger partial charge in [0, 0.05) is 9.64 Å². The van der Waals surface area contributed by atoms with Crippen molar-refractivity contribution >= 4 is 34.4 Å². The number of halogens is 3. The lowest BCUT2D eigenvalue weighted by Gasteiger charge is -2.09. The second kappa shape index (κ2) is 6.65. The van der Waals surface area contributed by atoms with Crippen molar-refractivity contribution in [1.29, 1.82) is 0 Å². The van der Waals surface area contributed by atoms with Crippen molar-refractivity contribution in [2.75, 3.05) is 5.32 Å². The van der Waals surface area contributed by atoms with Crippen LogP contribution in [0.1, 0.15) is 5.56 Å². The Morgan fingerprint density at radius 1 is 1.20 bits per heavy atom. The van der Waals surface area contributed by atoms with Gasteiger partial charge < -0.3 is 4.74 Å². The average molecular weight is 389 g/mol. The van der Waals surface area contributed by atoms with E-state index in [1.54, 1.807) is 34.7 Å². The third-order valence-corrected chi connectivity index (χ3v) is 3.30. The first kappa shape index (κ1) is 14.7. The smallest absolute Gasteiger partial charge is 0.412 e. The first-order valence-corrected chi connectivity index (χ1v) is 6.76. The first-order chi connectivity index (χ1) is 9.56. The second-order valence-corrected chi connectivity index (χ2v) is 5.09. The zero-order chi connectivity index (χ0) is 14.5. The Morgan fingerprint density at radius 2 is 1.90 bits per heavy atom. The van der Waals surface area contributed by atoms with E-state index >= 15 is 0 Å². The Kier molecular flexibility index (Phi) is 4.89. The van der Waals surface area contributed by atoms with Gasteiger partial charge in [-0.2, -0.15) is 0 Å². The van der Waals surface area contributed by atoms with Gasteiger partial charge in [0.25, 0.3) is 0 Å². The van der Waals surface area contributed by atoms with Gasteiger partial charge in [0.05, 0.1) is 5.69 Å². The fourth-order valence-electron chi connectivity index (χ4n) is 1.52. The van der Waals surface area contributed by atoms with E-state index in [2.05, 4.69) is 5.32 Å². The molecule has 0 atom stereocenters. The number of nitrogens with one attached hydrogen (secondary N) is 1. The van der Waals surface area contributed by atoms with E-state index < -0.39 is 17.7 Å². The first-order valence-electron chi connectivity index (χ1n) is 5.68. The van der Waals surface area contributed by atoms with Gasteiger partial charge in [-0.15, -0.1) is 0 Å². The van der Waals surface area contributed by atoms with Crippen LogP contribution in [0, 0.1) is 15.2 Å². The van der Waals surface area contributed by atoms with Crippen molar-refractivity contribution < 1.29 is 18.3 Å². The minimum absolute atomic E-state index is 0.0755. The Labute approximate surface area is 128 Å². The standard InChI is InChI=1S/C14H10F2INO2/c15-10-6-11(16)13(12(17)7-10)18-14(19)20-8-9-4-2-1-3-5-9/h1-7H,8H2,(H,18,19). The van der Waals surface area contributed by atoms with E-state index in [-0.39, 0.29) is 15.9 Å². The molecule has 20 heavy (non-hydrogen) atoms. The third kappa shape index (κ3) is 3.89. The molecule has 0 aliphatic heterocycles. The molecular weight excluding hydrogens is 379 g/mol. The summed E-state index contributed by atoms with van der Waals surface area (Å²) in [6.07, 6.45) is -0.794. The topological polar surface area (TPSA) is 38.3 Å². The van der Waals surface area contributed by atoms with Crippen LogP contribution in [0.2, 0.25) is 0 Å². The molecule has 2 aromatic carbocycles. The van der Waals surface area contributed by atoms with Crippen LogP contribution in [0.25, 0.3) is 0 Å². The molecule has 0 aliphatic rings. The zero-order valence-corrected chi connectivity index (χ0v) is 12.4. The van der Waals surface area contributed by atoms with Gasteiger partial charge in [-0.1, -0.05) is 30.3 Å². The second-order valence-electron chi connectivity index (χ2n) is 3.93. The lowest BCUT2D eigenvalue weighted by atomic mass is 10.2. The summed E-state index contributed by atoms with van der Waals surface area (Å²) in [6, 6.07) is 10.9. The molecule has 0 bridgehead atoms. The van der Waals surface area contributed by atoms with Crippen LogP contribution in [0.3, 0.4) is 0 Å². The van der Waals surface area contributed by atoms with E-state index in [1.807, 2.05) is 18.2 Å². The monoisotopic (exact) mass is 389 g/mol. The van der Waals surface area contributed by atoms with Crippen LogP contribution in [0.5, 0.6) is 0 Å². The summed E-state index contributed by atoms with van der Waals surface area (Å²) in [4.78, 5) is 11.6. The highest BCUT2D eigenvalue weighted by Crippen LogP contribution is 2.23. The van der Waals surface area contributed by atoms with Crippen molar-refractivity contribution in [3.63, 3.8) is 0 Å². The van der Waals surface area contributed by atoms with Gasteiger partial charge in [0.1, 0.15) is 12.4 Å². The number of ether oxygens (including phenoxy) is 1. The molecule has 0 unspecified atom stereocenters. The highest BCUT2D eigenvalue weighted by atomic mass is 127. The summed E-state index contributed by atoms with van der Waals surface area (Å²) in [5.41, 5.74) is 0.724. The van der Waals surface area contributed by atoms with Crippen LogP contribution in [-0.2, 0) is 11.3 Å². The van der Waals surface area contributed by atoms with Gasteiger partial charge in [-0.05, 0) is 34.2 Å². The number of benzene rings is 2. The molecule has 6 heteroatoms. The van der Waals surface area contributed by atoms with Crippen LogP contribution >= 0.6 is 22.6 Å². The predicted octanol–water partition coefficient (Wildman–Crippen LogP) is 4.32. The predicted molar refractivity (Wildman–Crippen MR) is 79.3 cm³/mol. The molecule has 0 radical (unpaired) electrons. The number of hydrogen-bond donors (Lipinski definition) is 1. The minimum Gasteiger partial charge on any atom is -0.444 e. The molecule has 3 nitrogen and oxygen atoms in total. The Balaban J connectivity index is 1.98. The maximum Gasteiger partial charge on any atom is 0.412 e. The Hall–Kier alpha value is -1.70. The molecule has 0 saturated carbocycles. The van der Waals surface area contributed by atoms with Crippen molar-refractivity contribution in [2.24, 2.45) is 0 Å². The number of carbonyl (C=O) groups excluding carboxylic acids is 1. The van der Waals surface area contributed by atoms with Gasteiger partial charge in [-0.3, -0.25) is 5.32 Å². The Bertz CT molecular complexity index is 597. The van der Waals surface area contributed by atoms with Crippen LogP contribution in [0.15, 0.2) is 42.5 Å². The van der Waals surface area contributed by atoms with Gasteiger partial charge >= 0.3 is 6.09 Å². The van der Waals surface area contributed by atoms with Gasteiger partial charge in [0.15, 0.2) is 5.82 Å². The van der Waals surface area contributed by atoms with Crippen LogP contribution in [-0.4, -0.2) is 6.09 Å². The fraction of sp³-hybridized carbons (Fsp3) is 0.0714. The molecule has 0 saturated heterocycles. The summed E-state index contributed by atoms with van der Waals surface area (Å²) in [7, 11) is 0. The molecule has 0 aliphatic carbocycles. The van der Waals surface area contributed by atoms with Crippen molar-refractivity contribution in [2.45, 2.75) is 6.61 Å². The summed E-state index contributed by atoms with van der Waals surface area (Å²) in [5.74, 6) is -1.54. The molecular formula is C14H10F2INO2. The maximum atomic E-state index is 13.5. The number of rotatable bonds is 3. The molecule has 0 heterocycles. The molecule has 0 aromatic heterocycles. The van der Waals surface area contributed by atoms with Crippen molar-refractivity contribution in [3.05, 3.63) is 63.2 Å². The van der Waals surface area contributed by atoms with E-state index in [1.165, 1.54) is 0 Å². The summed E-state index contributed by atoms with van der Waals surface area (Å²) in [5, 5.41) is 2.27. The van der Waals surface area contributed by atoms with Gasteiger partial charge in [-0.25, -0.2) is 13.6 Å². The number of anilines is 1. The fourth-order valence-corrected chi connectivity index (χ4v) is 2.21. The SMILES string of the molecule is O=C(Nc1c(F)cc(F)cc1I)OCc1ccccc1. The van der Waals surface area contributed by atoms with E-state index in [0.717, 1.165) is 11.6 Å². The molecule has 1 N–H and O–H groups in total. The molecule has 2 aromatic rings. The van der Waals surface area contributed by atoms with E-state index in [0.29, 0.717) is 6.07 Å². The van der Waals surface area contributed by atoms with Gasteiger partial charge in [0.2, 0.25) is 0 Å².